The van der Waals surface area contributed by atoms with E-state index in [0.717, 1.165) is 24.1 Å². The van der Waals surface area contributed by atoms with Gasteiger partial charge in [0, 0.05) is 49.1 Å². The zero-order valence-corrected chi connectivity index (χ0v) is 18.5. The zero-order valence-electron chi connectivity index (χ0n) is 16.9. The van der Waals surface area contributed by atoms with Crippen LogP contribution in [0.4, 0.5) is 5.13 Å². The molecule has 162 valence electrons. The van der Waals surface area contributed by atoms with E-state index in [0.29, 0.717) is 23.8 Å². The highest BCUT2D eigenvalue weighted by Gasteiger charge is 2.26. The third-order valence-electron chi connectivity index (χ3n) is 4.99. The van der Waals surface area contributed by atoms with Crippen molar-refractivity contribution < 1.29 is 17.9 Å². The van der Waals surface area contributed by atoms with Gasteiger partial charge < -0.3 is 4.74 Å². The highest BCUT2D eigenvalue weighted by molar-refractivity contribution is 7.89. The number of nitrogens with one attached hydrogen (secondary N) is 1. The lowest BCUT2D eigenvalue weighted by atomic mass is 10.2. The molecule has 2 aromatic heterocycles. The van der Waals surface area contributed by atoms with E-state index in [1.54, 1.807) is 19.4 Å². The van der Waals surface area contributed by atoms with Crippen LogP contribution in [-0.4, -0.2) is 54.9 Å². The molecule has 0 unspecified atom stereocenters. The molecule has 0 saturated carbocycles. The first-order valence-corrected chi connectivity index (χ1v) is 12.1. The summed E-state index contributed by atoms with van der Waals surface area (Å²) in [6.45, 7) is 0.985. The van der Waals surface area contributed by atoms with Crippen LogP contribution in [0.3, 0.4) is 0 Å². The summed E-state index contributed by atoms with van der Waals surface area (Å²) in [6, 6.07) is 9.59. The maximum absolute atomic E-state index is 12.8. The van der Waals surface area contributed by atoms with Gasteiger partial charge in [-0.3, -0.25) is 15.1 Å². The minimum atomic E-state index is -3.65. The number of sulfonamides is 1. The number of likely N-dealkylation sites (N-methyl/N-ethyl adjacent to an activating group) is 1. The number of carbonyl (C=O) groups excluding carboxylic acids is 1. The molecule has 1 aliphatic rings. The van der Waals surface area contributed by atoms with Crippen molar-refractivity contribution in [3.05, 3.63) is 59.7 Å². The first-order chi connectivity index (χ1) is 14.9. The molecule has 1 aliphatic heterocycles. The van der Waals surface area contributed by atoms with E-state index in [1.165, 1.54) is 39.9 Å². The molecule has 1 saturated heterocycles. The van der Waals surface area contributed by atoms with E-state index in [1.807, 2.05) is 17.5 Å². The normalized spacial score (nSPS) is 16.5. The van der Waals surface area contributed by atoms with Gasteiger partial charge in [-0.25, -0.2) is 13.4 Å². The fraction of sp³-hybridized carbons (Fsp3) is 0.286. The summed E-state index contributed by atoms with van der Waals surface area (Å²) in [5.41, 5.74) is 1.93. The molecule has 31 heavy (non-hydrogen) atoms. The summed E-state index contributed by atoms with van der Waals surface area (Å²) in [5.74, 6) is -0.358. The standard InChI is InChI=1S/C21H22N4O4S2/c1-25(13-17-5-3-11-29-17)31(27,28)18-8-6-15(7-9-18)20(26)24-21-23-19(14-30-21)16-4-2-10-22-12-16/h2,4,6-10,12,14,17H,3,5,11,13H2,1H3,(H,23,24,26)/t17-/m1/s1. The molecular weight excluding hydrogens is 436 g/mol. The fourth-order valence-electron chi connectivity index (χ4n) is 3.28. The number of thiazole rings is 1. The number of rotatable bonds is 7. The minimum absolute atomic E-state index is 0.0697. The summed E-state index contributed by atoms with van der Waals surface area (Å²) >= 11 is 1.31. The first-order valence-electron chi connectivity index (χ1n) is 9.79. The van der Waals surface area contributed by atoms with Crippen molar-refractivity contribution in [3.8, 4) is 11.3 Å². The van der Waals surface area contributed by atoms with Crippen LogP contribution in [0.2, 0.25) is 0 Å². The SMILES string of the molecule is CN(C[C@H]1CCCO1)S(=O)(=O)c1ccc(C(=O)Nc2nc(-c3cccnc3)cs2)cc1. The summed E-state index contributed by atoms with van der Waals surface area (Å²) in [6.07, 6.45) is 5.13. The molecule has 0 aliphatic carbocycles. The minimum Gasteiger partial charge on any atom is -0.377 e. The van der Waals surface area contributed by atoms with Gasteiger partial charge in [-0.15, -0.1) is 11.3 Å². The Labute approximate surface area is 185 Å². The number of pyridine rings is 1. The van der Waals surface area contributed by atoms with Crippen LogP contribution in [0, 0.1) is 0 Å². The van der Waals surface area contributed by atoms with Gasteiger partial charge in [-0.1, -0.05) is 0 Å². The largest absolute Gasteiger partial charge is 0.377 e. The van der Waals surface area contributed by atoms with Gasteiger partial charge in [0.2, 0.25) is 10.0 Å². The fourth-order valence-corrected chi connectivity index (χ4v) is 5.20. The average Bonchev–Trinajstić information content (AvgIpc) is 3.46. The molecule has 0 spiro atoms. The molecule has 1 fully saturated rings. The second-order valence-electron chi connectivity index (χ2n) is 7.18. The molecule has 10 heteroatoms. The molecule has 1 amide bonds. The molecule has 0 radical (unpaired) electrons. The Morgan fingerprint density at radius 2 is 2.10 bits per heavy atom. The zero-order chi connectivity index (χ0) is 21.8. The lowest BCUT2D eigenvalue weighted by molar-refractivity contribution is 0.0979. The molecule has 0 bridgehead atoms. The highest BCUT2D eigenvalue weighted by atomic mass is 32.2. The molecular formula is C21H22N4O4S2. The molecule has 1 atom stereocenters. The number of benzene rings is 1. The predicted molar refractivity (Wildman–Crippen MR) is 119 cm³/mol. The van der Waals surface area contributed by atoms with Crippen molar-refractivity contribution in [2.45, 2.75) is 23.8 Å². The molecule has 4 rings (SSSR count). The Kier molecular flexibility index (Phi) is 6.42. The van der Waals surface area contributed by atoms with E-state index < -0.39 is 10.0 Å². The smallest absolute Gasteiger partial charge is 0.257 e. The molecule has 3 aromatic rings. The number of amides is 1. The second kappa shape index (κ2) is 9.23. The summed E-state index contributed by atoms with van der Waals surface area (Å²) in [5, 5.41) is 5.04. The van der Waals surface area contributed by atoms with Crippen LogP contribution >= 0.6 is 11.3 Å². The summed E-state index contributed by atoms with van der Waals surface area (Å²) < 4.78 is 32.4. The van der Waals surface area contributed by atoms with Gasteiger partial charge in [0.05, 0.1) is 16.7 Å². The lowest BCUT2D eigenvalue weighted by Crippen LogP contribution is -2.34. The Morgan fingerprint density at radius 1 is 1.29 bits per heavy atom. The number of hydrogen-bond donors (Lipinski definition) is 1. The van der Waals surface area contributed by atoms with Crippen molar-refractivity contribution in [2.24, 2.45) is 0 Å². The van der Waals surface area contributed by atoms with Gasteiger partial charge in [0.1, 0.15) is 0 Å². The van der Waals surface area contributed by atoms with Crippen LogP contribution in [0.1, 0.15) is 23.2 Å². The number of anilines is 1. The van der Waals surface area contributed by atoms with E-state index >= 15 is 0 Å². The van der Waals surface area contributed by atoms with Gasteiger partial charge in [0.25, 0.3) is 5.91 Å². The van der Waals surface area contributed by atoms with Crippen molar-refractivity contribution in [3.63, 3.8) is 0 Å². The monoisotopic (exact) mass is 458 g/mol. The topological polar surface area (TPSA) is 101 Å². The third-order valence-corrected chi connectivity index (χ3v) is 7.59. The number of nitrogens with zero attached hydrogens (tertiary/aromatic N) is 3. The Balaban J connectivity index is 1.41. The van der Waals surface area contributed by atoms with Crippen molar-refractivity contribution in [1.82, 2.24) is 14.3 Å². The first kappa shape index (κ1) is 21.6. The quantitative estimate of drug-likeness (QED) is 0.583. The van der Waals surface area contributed by atoms with Crippen LogP contribution in [0.25, 0.3) is 11.3 Å². The van der Waals surface area contributed by atoms with Crippen LogP contribution in [-0.2, 0) is 14.8 Å². The Bertz CT molecular complexity index is 1140. The average molecular weight is 459 g/mol. The number of hydrogen-bond acceptors (Lipinski definition) is 7. The Morgan fingerprint density at radius 3 is 2.77 bits per heavy atom. The van der Waals surface area contributed by atoms with Gasteiger partial charge in [-0.05, 0) is 49.2 Å². The lowest BCUT2D eigenvalue weighted by Gasteiger charge is -2.20. The van der Waals surface area contributed by atoms with E-state index in [9.17, 15) is 13.2 Å². The van der Waals surface area contributed by atoms with Crippen molar-refractivity contribution in [1.29, 1.82) is 0 Å². The third kappa shape index (κ3) is 4.99. The molecule has 1 N–H and O–H groups in total. The number of aromatic nitrogens is 2. The maximum atomic E-state index is 12.8. The van der Waals surface area contributed by atoms with Crippen LogP contribution in [0.15, 0.2) is 59.1 Å². The van der Waals surface area contributed by atoms with Gasteiger partial charge in [-0.2, -0.15) is 4.31 Å². The van der Waals surface area contributed by atoms with Crippen LogP contribution < -0.4 is 5.32 Å². The Hall–Kier alpha value is -2.66. The summed E-state index contributed by atoms with van der Waals surface area (Å²) in [7, 11) is -2.11. The predicted octanol–water partition coefficient (Wildman–Crippen LogP) is 3.26. The van der Waals surface area contributed by atoms with Gasteiger partial charge in [0.15, 0.2) is 5.13 Å². The molecule has 1 aromatic carbocycles. The van der Waals surface area contributed by atoms with Crippen molar-refractivity contribution >= 4 is 32.4 Å². The van der Waals surface area contributed by atoms with Crippen LogP contribution in [0.5, 0.6) is 0 Å². The van der Waals surface area contributed by atoms with E-state index in [4.69, 9.17) is 4.74 Å². The van der Waals surface area contributed by atoms with Gasteiger partial charge >= 0.3 is 0 Å². The molecule has 8 nitrogen and oxygen atoms in total. The van der Waals surface area contributed by atoms with Crippen molar-refractivity contribution in [2.75, 3.05) is 25.5 Å². The summed E-state index contributed by atoms with van der Waals surface area (Å²) in [4.78, 5) is 21.2. The maximum Gasteiger partial charge on any atom is 0.257 e. The highest BCUT2D eigenvalue weighted by Crippen LogP contribution is 2.25. The number of carbonyl (C=O) groups is 1. The number of ether oxygens (including phenoxy) is 1. The molecule has 3 heterocycles. The van der Waals surface area contributed by atoms with E-state index in [-0.39, 0.29) is 16.9 Å². The second-order valence-corrected chi connectivity index (χ2v) is 10.1. The van der Waals surface area contributed by atoms with E-state index in [2.05, 4.69) is 15.3 Å².